The average Bonchev–Trinajstić information content (AvgIpc) is 2.95. The van der Waals surface area contributed by atoms with Crippen LogP contribution in [-0.4, -0.2) is 28.4 Å². The molecule has 5 nitrogen and oxygen atoms in total. The zero-order chi connectivity index (χ0) is 16.9. The Kier molecular flexibility index (Phi) is 4.88. The fourth-order valence-corrected chi connectivity index (χ4v) is 2.93. The lowest BCUT2D eigenvalue weighted by Gasteiger charge is -2.17. The molecule has 2 aromatic rings. The van der Waals surface area contributed by atoms with Crippen molar-refractivity contribution < 1.29 is 4.79 Å². The molecule has 0 spiro atoms. The van der Waals surface area contributed by atoms with E-state index < -0.39 is 0 Å². The molecule has 122 valence electrons. The van der Waals surface area contributed by atoms with Crippen LogP contribution in [0.3, 0.4) is 0 Å². The topological polar surface area (TPSA) is 69.0 Å². The molecule has 1 aromatic heterocycles. The summed E-state index contributed by atoms with van der Waals surface area (Å²) < 4.78 is 0. The number of carbonyl (C=O) groups excluding carboxylic acids is 1. The maximum absolute atomic E-state index is 12.5. The van der Waals surface area contributed by atoms with Crippen molar-refractivity contribution in [2.24, 2.45) is 0 Å². The summed E-state index contributed by atoms with van der Waals surface area (Å²) in [5, 5.41) is 12.2. The normalized spacial score (nSPS) is 17.1. The highest BCUT2D eigenvalue weighted by Crippen LogP contribution is 2.16. The van der Waals surface area contributed by atoms with Crippen molar-refractivity contribution in [3.63, 3.8) is 0 Å². The molecule has 3 rings (SSSR count). The third-order valence-corrected chi connectivity index (χ3v) is 4.41. The molecule has 1 amide bonds. The van der Waals surface area contributed by atoms with E-state index in [-0.39, 0.29) is 11.9 Å². The van der Waals surface area contributed by atoms with E-state index in [4.69, 9.17) is 5.26 Å². The van der Waals surface area contributed by atoms with E-state index in [1.807, 2.05) is 36.1 Å². The van der Waals surface area contributed by atoms with Crippen LogP contribution in [0.2, 0.25) is 0 Å². The Bertz CT molecular complexity index is 764. The molecular formula is C19H20N4O. The van der Waals surface area contributed by atoms with Gasteiger partial charge in [0.2, 0.25) is 5.91 Å². The van der Waals surface area contributed by atoms with Gasteiger partial charge in [0.15, 0.2) is 0 Å². The van der Waals surface area contributed by atoms with Crippen LogP contribution in [0.1, 0.15) is 28.8 Å². The number of nitriles is 1. The second-order valence-corrected chi connectivity index (χ2v) is 6.04. The third-order valence-electron chi connectivity index (χ3n) is 4.41. The number of pyridine rings is 1. The number of rotatable bonds is 5. The summed E-state index contributed by atoms with van der Waals surface area (Å²) in [6.07, 6.45) is 2.59. The number of nitrogens with one attached hydrogen (secondary N) is 1. The summed E-state index contributed by atoms with van der Waals surface area (Å²) in [5.74, 6) is 0.140. The summed E-state index contributed by atoms with van der Waals surface area (Å²) in [6.45, 7) is 3.97. The van der Waals surface area contributed by atoms with Gasteiger partial charge in [-0.25, -0.2) is 0 Å². The van der Waals surface area contributed by atoms with Gasteiger partial charge in [-0.15, -0.1) is 0 Å². The minimum atomic E-state index is -0.136. The number of amides is 1. The highest BCUT2D eigenvalue weighted by Gasteiger charge is 2.31. The van der Waals surface area contributed by atoms with Gasteiger partial charge in [-0.1, -0.05) is 18.2 Å². The Morgan fingerprint density at radius 1 is 1.33 bits per heavy atom. The largest absolute Gasteiger partial charge is 0.337 e. The van der Waals surface area contributed by atoms with Gasteiger partial charge >= 0.3 is 0 Å². The molecule has 1 aliphatic rings. The molecule has 2 heterocycles. The van der Waals surface area contributed by atoms with E-state index in [2.05, 4.69) is 16.4 Å². The zero-order valence-electron chi connectivity index (χ0n) is 13.7. The summed E-state index contributed by atoms with van der Waals surface area (Å²) >= 11 is 0. The Morgan fingerprint density at radius 2 is 2.12 bits per heavy atom. The quantitative estimate of drug-likeness (QED) is 0.916. The Hall–Kier alpha value is -2.71. The number of benzene rings is 1. The smallest absolute Gasteiger partial charge is 0.240 e. The van der Waals surface area contributed by atoms with Crippen molar-refractivity contribution in [2.45, 2.75) is 32.5 Å². The van der Waals surface area contributed by atoms with E-state index in [1.54, 1.807) is 18.3 Å². The molecule has 0 saturated carbocycles. The summed E-state index contributed by atoms with van der Waals surface area (Å²) in [7, 11) is 0. The molecule has 5 heteroatoms. The van der Waals surface area contributed by atoms with Crippen LogP contribution in [0.25, 0.3) is 0 Å². The van der Waals surface area contributed by atoms with Crippen LogP contribution in [0, 0.1) is 18.3 Å². The lowest BCUT2D eigenvalue weighted by molar-refractivity contribution is -0.129. The molecule has 0 radical (unpaired) electrons. The van der Waals surface area contributed by atoms with Gasteiger partial charge in [0.1, 0.15) is 0 Å². The molecule has 0 aliphatic carbocycles. The number of nitrogens with zero attached hydrogens (tertiary/aromatic N) is 3. The number of carbonyl (C=O) groups is 1. The number of hydrogen-bond acceptors (Lipinski definition) is 4. The average molecular weight is 320 g/mol. The molecule has 1 atom stereocenters. The fraction of sp³-hybridized carbons (Fsp3) is 0.316. The standard InChI is InChI=1S/C19H20N4O/c1-14-17(3-2-9-21-14)12-22-18-8-10-23(19(18)24)13-16-6-4-15(11-20)5-7-16/h2-7,9,18,22H,8,10,12-13H2,1H3. The van der Waals surface area contributed by atoms with Crippen molar-refractivity contribution in [1.82, 2.24) is 15.2 Å². The van der Waals surface area contributed by atoms with Crippen LogP contribution >= 0.6 is 0 Å². The second-order valence-electron chi connectivity index (χ2n) is 6.04. The van der Waals surface area contributed by atoms with Crippen LogP contribution in [0.4, 0.5) is 0 Å². The molecule has 1 unspecified atom stereocenters. The predicted molar refractivity (Wildman–Crippen MR) is 90.8 cm³/mol. The second kappa shape index (κ2) is 7.24. The van der Waals surface area contributed by atoms with Gasteiger partial charge in [-0.3, -0.25) is 9.78 Å². The van der Waals surface area contributed by atoms with Gasteiger partial charge in [0.25, 0.3) is 0 Å². The van der Waals surface area contributed by atoms with Crippen LogP contribution < -0.4 is 5.32 Å². The highest BCUT2D eigenvalue weighted by molar-refractivity contribution is 5.84. The Morgan fingerprint density at radius 3 is 2.83 bits per heavy atom. The van der Waals surface area contributed by atoms with Gasteiger partial charge in [0.05, 0.1) is 17.7 Å². The van der Waals surface area contributed by atoms with E-state index >= 15 is 0 Å². The van der Waals surface area contributed by atoms with Gasteiger partial charge in [-0.05, 0) is 42.7 Å². The van der Waals surface area contributed by atoms with Gasteiger partial charge in [-0.2, -0.15) is 5.26 Å². The Labute approximate surface area is 141 Å². The summed E-state index contributed by atoms with van der Waals surface area (Å²) in [5.41, 5.74) is 3.80. The van der Waals surface area contributed by atoms with Crippen molar-refractivity contribution in [3.8, 4) is 6.07 Å². The first-order chi connectivity index (χ1) is 11.7. The molecule has 24 heavy (non-hydrogen) atoms. The first-order valence-electron chi connectivity index (χ1n) is 8.09. The van der Waals surface area contributed by atoms with E-state index in [9.17, 15) is 4.79 Å². The molecule has 1 aliphatic heterocycles. The lowest BCUT2D eigenvalue weighted by atomic mass is 10.1. The first-order valence-corrected chi connectivity index (χ1v) is 8.09. The lowest BCUT2D eigenvalue weighted by Crippen LogP contribution is -2.37. The number of aromatic nitrogens is 1. The highest BCUT2D eigenvalue weighted by atomic mass is 16.2. The predicted octanol–water partition coefficient (Wildman–Crippen LogP) is 2.15. The van der Waals surface area contributed by atoms with Gasteiger partial charge < -0.3 is 10.2 Å². The van der Waals surface area contributed by atoms with Crippen molar-refractivity contribution in [2.75, 3.05) is 6.54 Å². The van der Waals surface area contributed by atoms with Crippen molar-refractivity contribution >= 4 is 5.91 Å². The number of likely N-dealkylation sites (tertiary alicyclic amines) is 1. The molecular weight excluding hydrogens is 300 g/mol. The Balaban J connectivity index is 1.56. The monoisotopic (exact) mass is 320 g/mol. The van der Waals surface area contributed by atoms with E-state index in [1.165, 1.54) is 0 Å². The maximum atomic E-state index is 12.5. The minimum Gasteiger partial charge on any atom is -0.337 e. The molecule has 1 fully saturated rings. The first kappa shape index (κ1) is 16.2. The minimum absolute atomic E-state index is 0.136. The maximum Gasteiger partial charge on any atom is 0.240 e. The van der Waals surface area contributed by atoms with Crippen molar-refractivity contribution in [3.05, 3.63) is 65.0 Å². The van der Waals surface area contributed by atoms with Crippen LogP contribution in [0.15, 0.2) is 42.6 Å². The third kappa shape index (κ3) is 3.61. The molecule has 0 bridgehead atoms. The molecule has 1 saturated heterocycles. The van der Waals surface area contributed by atoms with E-state index in [0.29, 0.717) is 18.7 Å². The number of hydrogen-bond donors (Lipinski definition) is 1. The molecule has 1 N–H and O–H groups in total. The molecule has 1 aromatic carbocycles. The van der Waals surface area contributed by atoms with E-state index in [0.717, 1.165) is 29.8 Å². The SMILES string of the molecule is Cc1ncccc1CNC1CCN(Cc2ccc(C#N)cc2)C1=O. The van der Waals surface area contributed by atoms with Crippen LogP contribution in [0.5, 0.6) is 0 Å². The summed E-state index contributed by atoms with van der Waals surface area (Å²) in [6, 6.07) is 13.3. The zero-order valence-corrected chi connectivity index (χ0v) is 13.7. The van der Waals surface area contributed by atoms with Gasteiger partial charge in [0, 0.05) is 31.5 Å². The summed E-state index contributed by atoms with van der Waals surface area (Å²) in [4.78, 5) is 18.7. The van der Waals surface area contributed by atoms with Crippen molar-refractivity contribution in [1.29, 1.82) is 5.26 Å². The number of aryl methyl sites for hydroxylation is 1. The fourth-order valence-electron chi connectivity index (χ4n) is 2.93. The van der Waals surface area contributed by atoms with Crippen LogP contribution in [-0.2, 0) is 17.9 Å².